The van der Waals surface area contributed by atoms with Gasteiger partial charge in [0.15, 0.2) is 13.2 Å². The molecule has 0 aliphatic heterocycles. The molecule has 0 aromatic heterocycles. The summed E-state index contributed by atoms with van der Waals surface area (Å²) in [4.78, 5) is 23.6. The van der Waals surface area contributed by atoms with E-state index in [0.717, 1.165) is 10.0 Å². The third-order valence-corrected chi connectivity index (χ3v) is 4.42. The van der Waals surface area contributed by atoms with Crippen molar-refractivity contribution in [2.45, 2.75) is 33.1 Å². The van der Waals surface area contributed by atoms with E-state index in [1.807, 2.05) is 43.3 Å². The van der Waals surface area contributed by atoms with E-state index in [9.17, 15) is 9.59 Å². The molecule has 2 aromatic carbocycles. The smallest absolute Gasteiger partial charge is 0.276 e. The number of hydrazine groups is 1. The van der Waals surface area contributed by atoms with E-state index < -0.39 is 11.8 Å². The molecule has 0 bridgehead atoms. The van der Waals surface area contributed by atoms with Crippen LogP contribution in [0.25, 0.3) is 0 Å². The van der Waals surface area contributed by atoms with Gasteiger partial charge >= 0.3 is 0 Å². The third-order valence-electron chi connectivity index (χ3n) is 3.93. The summed E-state index contributed by atoms with van der Waals surface area (Å²) in [5, 5.41) is 0. The van der Waals surface area contributed by atoms with E-state index in [1.165, 1.54) is 5.56 Å². The minimum absolute atomic E-state index is 0.0526. The van der Waals surface area contributed by atoms with Crippen LogP contribution in [0, 0.1) is 6.92 Å². The first-order valence-corrected chi connectivity index (χ1v) is 9.64. The van der Waals surface area contributed by atoms with E-state index in [0.29, 0.717) is 11.5 Å². The monoisotopic (exact) mass is 448 g/mol. The zero-order chi connectivity index (χ0) is 20.7. The van der Waals surface area contributed by atoms with E-state index in [1.54, 1.807) is 6.07 Å². The van der Waals surface area contributed by atoms with Crippen molar-refractivity contribution in [3.05, 3.63) is 58.1 Å². The fourth-order valence-electron chi connectivity index (χ4n) is 2.33. The Balaban J connectivity index is 1.71. The van der Waals surface area contributed by atoms with Gasteiger partial charge in [-0.05, 0) is 53.8 Å². The Kier molecular flexibility index (Phi) is 7.45. The summed E-state index contributed by atoms with van der Waals surface area (Å²) in [5.74, 6) is 0.258. The first-order chi connectivity index (χ1) is 13.1. The lowest BCUT2D eigenvalue weighted by molar-refractivity contribution is -0.131. The van der Waals surface area contributed by atoms with Gasteiger partial charge in [0, 0.05) is 4.47 Å². The molecule has 2 amide bonds. The second kappa shape index (κ2) is 9.59. The highest BCUT2D eigenvalue weighted by molar-refractivity contribution is 9.10. The molecule has 0 radical (unpaired) electrons. The van der Waals surface area contributed by atoms with E-state index in [4.69, 9.17) is 9.47 Å². The predicted octanol–water partition coefficient (Wildman–Crippen LogP) is 3.66. The summed E-state index contributed by atoms with van der Waals surface area (Å²) in [5.41, 5.74) is 6.72. The van der Waals surface area contributed by atoms with Gasteiger partial charge in [0.05, 0.1) is 0 Å². The molecule has 7 heteroatoms. The zero-order valence-corrected chi connectivity index (χ0v) is 18.1. The average molecular weight is 449 g/mol. The fraction of sp³-hybridized carbons (Fsp3) is 0.333. The van der Waals surface area contributed by atoms with Crippen molar-refractivity contribution in [3.63, 3.8) is 0 Å². The van der Waals surface area contributed by atoms with Gasteiger partial charge in [0.1, 0.15) is 11.5 Å². The van der Waals surface area contributed by atoms with E-state index in [2.05, 4.69) is 47.6 Å². The number of hydrogen-bond donors (Lipinski definition) is 2. The molecule has 0 saturated carbocycles. The molecule has 150 valence electrons. The van der Waals surface area contributed by atoms with Gasteiger partial charge in [-0.1, -0.05) is 48.8 Å². The van der Waals surface area contributed by atoms with Gasteiger partial charge in [0.2, 0.25) is 0 Å². The average Bonchev–Trinajstić information content (AvgIpc) is 2.63. The van der Waals surface area contributed by atoms with Crippen LogP contribution >= 0.6 is 15.9 Å². The number of amides is 2. The van der Waals surface area contributed by atoms with Gasteiger partial charge in [-0.25, -0.2) is 0 Å². The number of benzene rings is 2. The first kappa shape index (κ1) is 21.8. The molecule has 2 N–H and O–H groups in total. The highest BCUT2D eigenvalue weighted by Gasteiger charge is 2.13. The van der Waals surface area contributed by atoms with E-state index >= 15 is 0 Å². The lowest BCUT2D eigenvalue weighted by atomic mass is 9.87. The molecule has 0 spiro atoms. The maximum absolute atomic E-state index is 11.8. The van der Waals surface area contributed by atoms with Gasteiger partial charge < -0.3 is 9.47 Å². The number of hydrogen-bond acceptors (Lipinski definition) is 4. The van der Waals surface area contributed by atoms with Crippen molar-refractivity contribution >= 4 is 27.7 Å². The SMILES string of the molecule is Cc1cc(Br)ccc1OCC(=O)NNC(=O)COc1ccc(C(C)(C)C)cc1. The zero-order valence-electron chi connectivity index (χ0n) is 16.5. The van der Waals surface area contributed by atoms with Crippen LogP contribution in [-0.2, 0) is 15.0 Å². The Morgan fingerprint density at radius 3 is 2.04 bits per heavy atom. The van der Waals surface area contributed by atoms with Crippen LogP contribution in [0.5, 0.6) is 11.5 Å². The van der Waals surface area contributed by atoms with Crippen LogP contribution in [0.1, 0.15) is 31.9 Å². The maximum Gasteiger partial charge on any atom is 0.276 e. The largest absolute Gasteiger partial charge is 0.484 e. The standard InChI is InChI=1S/C21H25BrN2O4/c1-14-11-16(22)7-10-18(14)28-13-20(26)24-23-19(25)12-27-17-8-5-15(6-9-17)21(2,3)4/h5-11H,12-13H2,1-4H3,(H,23,25)(H,24,26). The van der Waals surface area contributed by atoms with Crippen molar-refractivity contribution in [1.82, 2.24) is 10.9 Å². The minimum atomic E-state index is -0.467. The van der Waals surface area contributed by atoms with E-state index in [-0.39, 0.29) is 18.6 Å². The topological polar surface area (TPSA) is 76.7 Å². The molecular formula is C21H25BrN2O4. The lowest BCUT2D eigenvalue weighted by Crippen LogP contribution is -2.45. The van der Waals surface area contributed by atoms with Crippen molar-refractivity contribution in [3.8, 4) is 11.5 Å². The summed E-state index contributed by atoms with van der Waals surface area (Å²) in [7, 11) is 0. The number of rotatable bonds is 6. The van der Waals surface area contributed by atoms with Crippen LogP contribution < -0.4 is 20.3 Å². The number of halogens is 1. The predicted molar refractivity (Wildman–Crippen MR) is 111 cm³/mol. The summed E-state index contributed by atoms with van der Waals surface area (Å²) >= 11 is 3.37. The highest BCUT2D eigenvalue weighted by Crippen LogP contribution is 2.24. The Morgan fingerprint density at radius 1 is 0.929 bits per heavy atom. The molecule has 0 heterocycles. The first-order valence-electron chi connectivity index (χ1n) is 8.85. The molecule has 0 unspecified atom stereocenters. The molecule has 0 aliphatic rings. The van der Waals surface area contributed by atoms with Crippen molar-refractivity contribution in [1.29, 1.82) is 0 Å². The molecule has 2 aromatic rings. The highest BCUT2D eigenvalue weighted by atomic mass is 79.9. The number of nitrogens with one attached hydrogen (secondary N) is 2. The Hall–Kier alpha value is -2.54. The molecule has 0 aliphatic carbocycles. The van der Waals surface area contributed by atoms with Crippen LogP contribution in [0.4, 0.5) is 0 Å². The van der Waals surface area contributed by atoms with Crippen molar-refractivity contribution < 1.29 is 19.1 Å². The Bertz CT molecular complexity index is 829. The molecule has 0 atom stereocenters. The summed E-state index contributed by atoms with van der Waals surface area (Å²) in [6.45, 7) is 7.84. The number of carbonyl (C=O) groups excluding carboxylic acids is 2. The van der Waals surface area contributed by atoms with Crippen molar-refractivity contribution in [2.24, 2.45) is 0 Å². The number of ether oxygens (including phenoxy) is 2. The van der Waals surface area contributed by atoms with Crippen molar-refractivity contribution in [2.75, 3.05) is 13.2 Å². The molecule has 0 fully saturated rings. The van der Waals surface area contributed by atoms with Gasteiger partial charge in [-0.15, -0.1) is 0 Å². The van der Waals surface area contributed by atoms with Crippen LogP contribution in [0.2, 0.25) is 0 Å². The number of aryl methyl sites for hydroxylation is 1. The van der Waals surface area contributed by atoms with Crippen LogP contribution in [0.15, 0.2) is 46.9 Å². The van der Waals surface area contributed by atoms with Crippen LogP contribution in [-0.4, -0.2) is 25.0 Å². The fourth-order valence-corrected chi connectivity index (χ4v) is 2.81. The summed E-state index contributed by atoms with van der Waals surface area (Å²) < 4.78 is 11.8. The molecular weight excluding hydrogens is 424 g/mol. The summed E-state index contributed by atoms with van der Waals surface area (Å²) in [6, 6.07) is 13.1. The third kappa shape index (κ3) is 6.88. The second-order valence-electron chi connectivity index (χ2n) is 7.36. The van der Waals surface area contributed by atoms with Gasteiger partial charge in [-0.2, -0.15) is 0 Å². The molecule has 28 heavy (non-hydrogen) atoms. The quantitative estimate of drug-likeness (QED) is 0.661. The molecule has 2 rings (SSSR count). The second-order valence-corrected chi connectivity index (χ2v) is 8.27. The van der Waals surface area contributed by atoms with Gasteiger partial charge in [0.25, 0.3) is 11.8 Å². The molecule has 0 saturated heterocycles. The molecule has 6 nitrogen and oxygen atoms in total. The normalized spacial score (nSPS) is 10.9. The summed E-state index contributed by atoms with van der Waals surface area (Å²) in [6.07, 6.45) is 0. The minimum Gasteiger partial charge on any atom is -0.484 e. The van der Waals surface area contributed by atoms with Gasteiger partial charge in [-0.3, -0.25) is 20.4 Å². The Morgan fingerprint density at radius 2 is 1.50 bits per heavy atom. The maximum atomic E-state index is 11.8. The Labute approximate surface area is 173 Å². The number of carbonyl (C=O) groups is 2. The van der Waals surface area contributed by atoms with Crippen LogP contribution in [0.3, 0.4) is 0 Å². The lowest BCUT2D eigenvalue weighted by Gasteiger charge is -2.19.